The third-order valence-corrected chi connectivity index (χ3v) is 3.74. The molecule has 1 aromatic carbocycles. The van der Waals surface area contributed by atoms with Crippen LogP contribution < -0.4 is 11.1 Å². The van der Waals surface area contributed by atoms with E-state index in [0.717, 1.165) is 18.5 Å². The third kappa shape index (κ3) is 4.79. The second kappa shape index (κ2) is 7.64. The molecule has 0 spiro atoms. The monoisotopic (exact) mass is 373 g/mol. The summed E-state index contributed by atoms with van der Waals surface area (Å²) >= 11 is 0. The highest BCUT2D eigenvalue weighted by Gasteiger charge is 2.27. The topological polar surface area (TPSA) is 68.0 Å². The van der Waals surface area contributed by atoms with Gasteiger partial charge in [0, 0.05) is 29.1 Å². The van der Waals surface area contributed by atoms with E-state index in [-0.39, 0.29) is 36.5 Å². The molecule has 0 atom stereocenters. The molecule has 0 unspecified atom stereocenters. The number of rotatable bonds is 4. The second-order valence-electron chi connectivity index (χ2n) is 6.70. The summed E-state index contributed by atoms with van der Waals surface area (Å²) in [5.74, 6) is -0.188. The summed E-state index contributed by atoms with van der Waals surface area (Å²) < 4.78 is 13.5. The highest BCUT2D eigenvalue weighted by Crippen LogP contribution is 2.40. The van der Waals surface area contributed by atoms with Crippen molar-refractivity contribution in [3.05, 3.63) is 41.3 Å². The molecule has 1 saturated carbocycles. The number of nitrogens with one attached hydrogen (secondary N) is 1. The maximum Gasteiger partial charge on any atom is 0.252 e. The largest absolute Gasteiger partial charge is 0.350 e. The zero-order chi connectivity index (χ0) is 15.9. The van der Waals surface area contributed by atoms with Crippen LogP contribution in [0.4, 0.5) is 4.39 Å². The lowest BCUT2D eigenvalue weighted by Crippen LogP contribution is -2.45. The highest BCUT2D eigenvalue weighted by molar-refractivity contribution is 6.06. The average molecular weight is 374 g/mol. The van der Waals surface area contributed by atoms with Crippen molar-refractivity contribution in [3.63, 3.8) is 0 Å². The summed E-state index contributed by atoms with van der Waals surface area (Å²) in [4.78, 5) is 17.1. The normalized spacial score (nSPS) is 13.8. The number of hydrogen-bond donors (Lipinski definition) is 2. The van der Waals surface area contributed by atoms with Crippen LogP contribution in [-0.4, -0.2) is 23.0 Å². The van der Waals surface area contributed by atoms with Crippen molar-refractivity contribution in [3.8, 4) is 0 Å². The maximum absolute atomic E-state index is 13.5. The number of nitrogens with zero attached hydrogens (tertiary/aromatic N) is 1. The first-order chi connectivity index (χ1) is 10.3. The van der Waals surface area contributed by atoms with Gasteiger partial charge in [-0.15, -0.1) is 24.8 Å². The van der Waals surface area contributed by atoms with E-state index >= 15 is 0 Å². The Labute approximate surface area is 153 Å². The Balaban J connectivity index is 0.00000144. The van der Waals surface area contributed by atoms with Gasteiger partial charge in [-0.1, -0.05) is 0 Å². The van der Waals surface area contributed by atoms with E-state index in [9.17, 15) is 9.18 Å². The number of halogens is 3. The number of amides is 1. The molecule has 1 aliphatic rings. The van der Waals surface area contributed by atoms with Crippen molar-refractivity contribution in [2.24, 2.45) is 5.73 Å². The number of carbonyl (C=O) groups is 1. The Bertz CT molecular complexity index is 742. The number of nitrogens with two attached hydrogens (primary N) is 1. The van der Waals surface area contributed by atoms with Gasteiger partial charge >= 0.3 is 0 Å². The van der Waals surface area contributed by atoms with E-state index in [2.05, 4.69) is 10.3 Å². The fraction of sp³-hybridized carbons (Fsp3) is 0.412. The molecule has 24 heavy (non-hydrogen) atoms. The second-order valence-corrected chi connectivity index (χ2v) is 6.70. The van der Waals surface area contributed by atoms with Gasteiger partial charge < -0.3 is 11.1 Å². The van der Waals surface area contributed by atoms with Crippen LogP contribution in [0.15, 0.2) is 24.3 Å². The van der Waals surface area contributed by atoms with Crippen LogP contribution in [0.1, 0.15) is 48.7 Å². The zero-order valence-corrected chi connectivity index (χ0v) is 15.3. The first-order valence-corrected chi connectivity index (χ1v) is 7.51. The van der Waals surface area contributed by atoms with Crippen molar-refractivity contribution in [1.82, 2.24) is 10.3 Å². The van der Waals surface area contributed by atoms with Crippen LogP contribution >= 0.6 is 24.8 Å². The average Bonchev–Trinajstić information content (AvgIpc) is 3.27. The highest BCUT2D eigenvalue weighted by atomic mass is 35.5. The van der Waals surface area contributed by atoms with Gasteiger partial charge in [-0.2, -0.15) is 0 Å². The third-order valence-electron chi connectivity index (χ3n) is 3.74. The molecule has 0 radical (unpaired) electrons. The minimum Gasteiger partial charge on any atom is -0.350 e. The molecular formula is C17H22Cl2FN3O. The van der Waals surface area contributed by atoms with Crippen molar-refractivity contribution < 1.29 is 9.18 Å². The van der Waals surface area contributed by atoms with Crippen LogP contribution in [0.2, 0.25) is 0 Å². The van der Waals surface area contributed by atoms with Crippen molar-refractivity contribution in [2.75, 3.05) is 6.54 Å². The van der Waals surface area contributed by atoms with E-state index in [1.54, 1.807) is 12.1 Å². The molecule has 3 rings (SSSR count). The number of carbonyl (C=O) groups excluding carboxylic acids is 1. The van der Waals surface area contributed by atoms with Crippen molar-refractivity contribution in [1.29, 1.82) is 0 Å². The number of pyridine rings is 1. The van der Waals surface area contributed by atoms with Crippen molar-refractivity contribution in [2.45, 2.75) is 38.1 Å². The lowest BCUT2D eigenvalue weighted by atomic mass is 10.0. The quantitative estimate of drug-likeness (QED) is 0.860. The van der Waals surface area contributed by atoms with Gasteiger partial charge in [-0.05, 0) is 51.0 Å². The number of aromatic nitrogens is 1. The molecule has 0 aliphatic heterocycles. The molecule has 1 amide bonds. The van der Waals surface area contributed by atoms with E-state index in [1.165, 1.54) is 12.1 Å². The summed E-state index contributed by atoms with van der Waals surface area (Å²) in [6.45, 7) is 4.03. The molecule has 3 N–H and O–H groups in total. The summed E-state index contributed by atoms with van der Waals surface area (Å²) in [5, 5.41) is 3.36. The molecule has 132 valence electrons. The lowest BCUT2D eigenvalue weighted by Gasteiger charge is -2.19. The molecule has 1 heterocycles. The lowest BCUT2D eigenvalue weighted by molar-refractivity contribution is 0.0947. The molecule has 0 saturated heterocycles. The molecule has 1 aliphatic carbocycles. The van der Waals surface area contributed by atoms with Gasteiger partial charge in [0.05, 0.1) is 11.1 Å². The summed E-state index contributed by atoms with van der Waals surface area (Å²) in [6, 6.07) is 6.15. The SMILES string of the molecule is CC(C)(N)CNC(=O)c1cc(C2CC2)nc2ccc(F)cc12.Cl.Cl. The molecule has 1 aromatic heterocycles. The summed E-state index contributed by atoms with van der Waals surface area (Å²) in [7, 11) is 0. The van der Waals surface area contributed by atoms with E-state index < -0.39 is 5.54 Å². The zero-order valence-electron chi connectivity index (χ0n) is 13.6. The van der Waals surface area contributed by atoms with Crippen LogP contribution in [0, 0.1) is 5.82 Å². The fourth-order valence-corrected chi connectivity index (χ4v) is 2.40. The van der Waals surface area contributed by atoms with Gasteiger partial charge in [-0.25, -0.2) is 4.39 Å². The Kier molecular flexibility index (Phi) is 6.56. The van der Waals surface area contributed by atoms with Crippen LogP contribution in [0.25, 0.3) is 10.9 Å². The smallest absolute Gasteiger partial charge is 0.252 e. The van der Waals surface area contributed by atoms with Crippen LogP contribution in [0.3, 0.4) is 0 Å². The molecule has 4 nitrogen and oxygen atoms in total. The van der Waals surface area contributed by atoms with Gasteiger partial charge in [0.2, 0.25) is 0 Å². The first kappa shape index (κ1) is 20.6. The molecule has 0 bridgehead atoms. The summed E-state index contributed by atoms with van der Waals surface area (Å²) in [5.41, 5.74) is 7.44. The Morgan fingerprint density at radius 2 is 2.00 bits per heavy atom. The van der Waals surface area contributed by atoms with E-state index in [0.29, 0.717) is 28.9 Å². The van der Waals surface area contributed by atoms with Gasteiger partial charge in [-0.3, -0.25) is 9.78 Å². The first-order valence-electron chi connectivity index (χ1n) is 7.51. The van der Waals surface area contributed by atoms with Crippen molar-refractivity contribution >= 4 is 41.6 Å². The standard InChI is InChI=1S/C17H20FN3O.2ClH/c1-17(2,19)9-20-16(22)13-8-15(10-3-4-10)21-14-6-5-11(18)7-12(13)14;;/h5-8,10H,3-4,9,19H2,1-2H3,(H,20,22);2*1H. The molecule has 7 heteroatoms. The minimum atomic E-state index is -0.497. The molecular weight excluding hydrogens is 352 g/mol. The van der Waals surface area contributed by atoms with E-state index in [1.807, 2.05) is 13.8 Å². The Morgan fingerprint density at radius 3 is 2.58 bits per heavy atom. The van der Waals surface area contributed by atoms with Crippen LogP contribution in [-0.2, 0) is 0 Å². The fourth-order valence-electron chi connectivity index (χ4n) is 2.40. The van der Waals surface area contributed by atoms with Gasteiger partial charge in [0.1, 0.15) is 5.82 Å². The minimum absolute atomic E-state index is 0. The van der Waals surface area contributed by atoms with Gasteiger partial charge in [0.25, 0.3) is 5.91 Å². The Hall–Kier alpha value is -1.43. The molecule has 1 fully saturated rings. The predicted octanol–water partition coefficient (Wildman–Crippen LogP) is 3.56. The predicted molar refractivity (Wildman–Crippen MR) is 98.8 cm³/mol. The summed E-state index contributed by atoms with van der Waals surface area (Å²) in [6.07, 6.45) is 2.19. The number of benzene rings is 1. The Morgan fingerprint density at radius 1 is 1.33 bits per heavy atom. The number of hydrogen-bond acceptors (Lipinski definition) is 3. The maximum atomic E-state index is 13.5. The van der Waals surface area contributed by atoms with Crippen LogP contribution in [0.5, 0.6) is 0 Å². The van der Waals surface area contributed by atoms with Gasteiger partial charge in [0.15, 0.2) is 0 Å². The van der Waals surface area contributed by atoms with E-state index in [4.69, 9.17) is 5.73 Å². The molecule has 2 aromatic rings. The number of fused-ring (bicyclic) bond motifs is 1.